The summed E-state index contributed by atoms with van der Waals surface area (Å²) >= 11 is 5.79. The first kappa shape index (κ1) is 22.4. The molecule has 0 aromatic heterocycles. The van der Waals surface area contributed by atoms with E-state index in [2.05, 4.69) is 24.7 Å². The van der Waals surface area contributed by atoms with Crippen molar-refractivity contribution in [3.63, 3.8) is 0 Å². The first-order chi connectivity index (χ1) is 13.9. The highest BCUT2D eigenvalue weighted by atomic mass is 35.5. The number of nitrogens with one attached hydrogen (secondary N) is 2. The van der Waals surface area contributed by atoms with E-state index in [1.54, 1.807) is 42.5 Å². The second kappa shape index (κ2) is 11.2. The van der Waals surface area contributed by atoms with Gasteiger partial charge in [0, 0.05) is 10.6 Å². The minimum Gasteiger partial charge on any atom is -0.493 e. The Bertz CT molecular complexity index is 824. The van der Waals surface area contributed by atoms with Gasteiger partial charge in [0.2, 0.25) is 0 Å². The number of hydrogen-bond acceptors (Lipinski definition) is 5. The second-order valence-corrected chi connectivity index (χ2v) is 7.08. The number of amides is 2. The SMILES string of the molecule is COc1cc(C(=O)NNC(=O)COc2ccc(Cl)cc2)ccc1OCCC(C)C. The van der Waals surface area contributed by atoms with Gasteiger partial charge in [-0.1, -0.05) is 25.4 Å². The quantitative estimate of drug-likeness (QED) is 0.605. The Labute approximate surface area is 175 Å². The highest BCUT2D eigenvalue weighted by Crippen LogP contribution is 2.28. The van der Waals surface area contributed by atoms with Crippen LogP contribution in [0.15, 0.2) is 42.5 Å². The Hall–Kier alpha value is -2.93. The van der Waals surface area contributed by atoms with Crippen molar-refractivity contribution in [2.75, 3.05) is 20.3 Å². The second-order valence-electron chi connectivity index (χ2n) is 6.64. The molecule has 0 radical (unpaired) electrons. The zero-order valence-corrected chi connectivity index (χ0v) is 17.4. The van der Waals surface area contributed by atoms with E-state index in [-0.39, 0.29) is 6.61 Å². The minimum absolute atomic E-state index is 0.256. The van der Waals surface area contributed by atoms with Crippen LogP contribution in [0.3, 0.4) is 0 Å². The van der Waals surface area contributed by atoms with Crippen LogP contribution in [0.1, 0.15) is 30.6 Å². The molecular weight excluding hydrogens is 396 g/mol. The Morgan fingerprint density at radius 3 is 2.38 bits per heavy atom. The Morgan fingerprint density at radius 1 is 1.00 bits per heavy atom. The van der Waals surface area contributed by atoms with Gasteiger partial charge in [-0.05, 0) is 54.8 Å². The molecule has 0 aliphatic rings. The summed E-state index contributed by atoms with van der Waals surface area (Å²) in [5, 5.41) is 0.570. The molecule has 2 aromatic carbocycles. The third-order valence-electron chi connectivity index (χ3n) is 3.88. The van der Waals surface area contributed by atoms with Crippen LogP contribution in [0.25, 0.3) is 0 Å². The zero-order valence-electron chi connectivity index (χ0n) is 16.7. The van der Waals surface area contributed by atoms with E-state index in [0.29, 0.717) is 40.4 Å². The van der Waals surface area contributed by atoms with Crippen molar-refractivity contribution in [2.24, 2.45) is 5.92 Å². The molecule has 0 aliphatic carbocycles. The number of ether oxygens (including phenoxy) is 3. The van der Waals surface area contributed by atoms with Crippen LogP contribution in [0.2, 0.25) is 5.02 Å². The fourth-order valence-corrected chi connectivity index (χ4v) is 2.37. The monoisotopic (exact) mass is 420 g/mol. The van der Waals surface area contributed by atoms with Gasteiger partial charge >= 0.3 is 0 Å². The lowest BCUT2D eigenvalue weighted by Crippen LogP contribution is -2.43. The van der Waals surface area contributed by atoms with Gasteiger partial charge in [-0.2, -0.15) is 0 Å². The van der Waals surface area contributed by atoms with Gasteiger partial charge in [-0.15, -0.1) is 0 Å². The van der Waals surface area contributed by atoms with Crippen LogP contribution in [0.5, 0.6) is 17.2 Å². The molecule has 8 heteroatoms. The van der Waals surface area contributed by atoms with Gasteiger partial charge in [-0.25, -0.2) is 0 Å². The van der Waals surface area contributed by atoms with Crippen LogP contribution in [0, 0.1) is 5.92 Å². The Balaban J connectivity index is 1.84. The average molecular weight is 421 g/mol. The van der Waals surface area contributed by atoms with Gasteiger partial charge in [0.15, 0.2) is 18.1 Å². The number of halogens is 1. The minimum atomic E-state index is -0.506. The fraction of sp³-hybridized carbons (Fsp3) is 0.333. The highest BCUT2D eigenvalue weighted by Gasteiger charge is 2.12. The van der Waals surface area contributed by atoms with Crippen molar-refractivity contribution in [1.29, 1.82) is 0 Å². The highest BCUT2D eigenvalue weighted by molar-refractivity contribution is 6.30. The molecule has 0 spiro atoms. The first-order valence-corrected chi connectivity index (χ1v) is 9.55. The van der Waals surface area contributed by atoms with E-state index >= 15 is 0 Å². The molecule has 156 valence electrons. The Kier molecular flexibility index (Phi) is 8.61. The number of benzene rings is 2. The van der Waals surface area contributed by atoms with E-state index in [1.807, 2.05) is 0 Å². The number of methoxy groups -OCH3 is 1. The molecule has 0 heterocycles. The molecule has 0 aliphatic heterocycles. The van der Waals surface area contributed by atoms with Crippen LogP contribution < -0.4 is 25.1 Å². The summed E-state index contributed by atoms with van der Waals surface area (Å²) in [5.41, 5.74) is 4.95. The fourth-order valence-electron chi connectivity index (χ4n) is 2.25. The lowest BCUT2D eigenvalue weighted by molar-refractivity contribution is -0.123. The van der Waals surface area contributed by atoms with Gasteiger partial charge in [-0.3, -0.25) is 20.4 Å². The molecule has 0 bridgehead atoms. The molecule has 29 heavy (non-hydrogen) atoms. The maximum atomic E-state index is 12.3. The maximum absolute atomic E-state index is 12.3. The number of rotatable bonds is 9. The standard InChI is InChI=1S/C21H25ClN2O5/c1-14(2)10-11-28-18-9-4-15(12-19(18)27-3)21(26)24-23-20(25)13-29-17-7-5-16(22)6-8-17/h4-9,12,14H,10-11,13H2,1-3H3,(H,23,25)(H,24,26). The predicted molar refractivity (Wildman–Crippen MR) is 110 cm³/mol. The average Bonchev–Trinajstić information content (AvgIpc) is 2.71. The van der Waals surface area contributed by atoms with Crippen LogP contribution in [-0.4, -0.2) is 32.1 Å². The van der Waals surface area contributed by atoms with E-state index in [1.165, 1.54) is 7.11 Å². The van der Waals surface area contributed by atoms with Crippen molar-refractivity contribution >= 4 is 23.4 Å². The molecule has 2 amide bonds. The van der Waals surface area contributed by atoms with E-state index < -0.39 is 11.8 Å². The van der Waals surface area contributed by atoms with E-state index in [4.69, 9.17) is 25.8 Å². The first-order valence-electron chi connectivity index (χ1n) is 9.17. The van der Waals surface area contributed by atoms with Crippen molar-refractivity contribution < 1.29 is 23.8 Å². The molecule has 7 nitrogen and oxygen atoms in total. The third kappa shape index (κ3) is 7.54. The summed E-state index contributed by atoms with van der Waals surface area (Å²) < 4.78 is 16.3. The number of hydrazine groups is 1. The summed E-state index contributed by atoms with van der Waals surface area (Å²) in [6.07, 6.45) is 0.912. The van der Waals surface area contributed by atoms with E-state index in [0.717, 1.165) is 6.42 Å². The molecule has 0 saturated heterocycles. The molecule has 0 atom stereocenters. The summed E-state index contributed by atoms with van der Waals surface area (Å²) in [6.45, 7) is 4.53. The molecule has 0 fully saturated rings. The van der Waals surface area contributed by atoms with Gasteiger partial charge in [0.25, 0.3) is 11.8 Å². The molecule has 0 unspecified atom stereocenters. The van der Waals surface area contributed by atoms with Crippen molar-refractivity contribution in [1.82, 2.24) is 10.9 Å². The Morgan fingerprint density at radius 2 is 1.72 bits per heavy atom. The number of carbonyl (C=O) groups is 2. The van der Waals surface area contributed by atoms with Crippen molar-refractivity contribution in [2.45, 2.75) is 20.3 Å². The van der Waals surface area contributed by atoms with Crippen LogP contribution in [0.4, 0.5) is 0 Å². The topological polar surface area (TPSA) is 85.9 Å². The normalized spacial score (nSPS) is 10.4. The largest absolute Gasteiger partial charge is 0.493 e. The van der Waals surface area contributed by atoms with E-state index in [9.17, 15) is 9.59 Å². The summed E-state index contributed by atoms with van der Waals surface area (Å²) in [4.78, 5) is 24.1. The van der Waals surface area contributed by atoms with Gasteiger partial charge in [0.05, 0.1) is 13.7 Å². The summed E-state index contributed by atoms with van der Waals surface area (Å²) in [6, 6.07) is 11.4. The number of carbonyl (C=O) groups excluding carboxylic acids is 2. The maximum Gasteiger partial charge on any atom is 0.276 e. The van der Waals surface area contributed by atoms with Crippen molar-refractivity contribution in [3.8, 4) is 17.2 Å². The lowest BCUT2D eigenvalue weighted by Gasteiger charge is -2.13. The van der Waals surface area contributed by atoms with Crippen LogP contribution in [-0.2, 0) is 4.79 Å². The van der Waals surface area contributed by atoms with Crippen LogP contribution >= 0.6 is 11.6 Å². The van der Waals surface area contributed by atoms with Crippen molar-refractivity contribution in [3.05, 3.63) is 53.1 Å². The molecule has 2 rings (SSSR count). The predicted octanol–water partition coefficient (Wildman–Crippen LogP) is 3.61. The summed E-state index contributed by atoms with van der Waals surface area (Å²) in [5.74, 6) is 1.03. The molecule has 0 saturated carbocycles. The molecule has 2 aromatic rings. The third-order valence-corrected chi connectivity index (χ3v) is 4.13. The molecule has 2 N–H and O–H groups in total. The zero-order chi connectivity index (χ0) is 21.2. The smallest absolute Gasteiger partial charge is 0.276 e. The van der Waals surface area contributed by atoms with Gasteiger partial charge in [0.1, 0.15) is 5.75 Å². The summed E-state index contributed by atoms with van der Waals surface area (Å²) in [7, 11) is 1.50. The lowest BCUT2D eigenvalue weighted by atomic mass is 10.1. The van der Waals surface area contributed by atoms with Gasteiger partial charge < -0.3 is 14.2 Å². The molecular formula is C21H25ClN2O5. The number of hydrogen-bond donors (Lipinski definition) is 2.